The van der Waals surface area contributed by atoms with Crippen LogP contribution in [0.3, 0.4) is 0 Å². The number of rotatable bonds is 8. The van der Waals surface area contributed by atoms with Gasteiger partial charge in [0.05, 0.1) is 36.7 Å². The largest absolute Gasteiger partial charge is 0.383 e. The fourth-order valence-electron chi connectivity index (χ4n) is 3.61. The number of nitrogens with zero attached hydrogens (tertiary/aromatic N) is 4. The quantitative estimate of drug-likeness (QED) is 0.662. The first kappa shape index (κ1) is 20.3. The lowest BCUT2D eigenvalue weighted by molar-refractivity contribution is -0.00716. The molecule has 0 fully saturated rings. The second-order valence-electron chi connectivity index (χ2n) is 7.20. The van der Waals surface area contributed by atoms with E-state index in [2.05, 4.69) is 20.8 Å². The van der Waals surface area contributed by atoms with E-state index in [-0.39, 0.29) is 18.1 Å². The molecule has 0 aliphatic carbocycles. The summed E-state index contributed by atoms with van der Waals surface area (Å²) in [6.07, 6.45) is 0.620. The number of carbonyl (C=O) groups excluding carboxylic acids is 1. The smallest absolute Gasteiger partial charge is 0.269 e. The van der Waals surface area contributed by atoms with Crippen molar-refractivity contribution in [2.24, 2.45) is 7.05 Å². The van der Waals surface area contributed by atoms with Crippen LogP contribution in [0.1, 0.15) is 47.4 Å². The van der Waals surface area contributed by atoms with Crippen molar-refractivity contribution in [3.63, 3.8) is 0 Å². The Kier molecular flexibility index (Phi) is 6.35. The summed E-state index contributed by atoms with van der Waals surface area (Å²) >= 11 is 0. The molecule has 28 heavy (non-hydrogen) atoms. The molecule has 2 aromatic heterocycles. The van der Waals surface area contributed by atoms with Gasteiger partial charge in [-0.1, -0.05) is 0 Å². The number of aromatic nitrogens is 4. The van der Waals surface area contributed by atoms with Crippen molar-refractivity contribution in [2.45, 2.75) is 45.9 Å². The van der Waals surface area contributed by atoms with E-state index in [1.165, 1.54) is 0 Å². The van der Waals surface area contributed by atoms with Crippen molar-refractivity contribution in [2.75, 3.05) is 32.1 Å². The average Bonchev–Trinajstić information content (AvgIpc) is 3.16. The van der Waals surface area contributed by atoms with Crippen LogP contribution in [-0.4, -0.2) is 58.4 Å². The number of anilines is 1. The highest BCUT2D eigenvalue weighted by Gasteiger charge is 2.31. The summed E-state index contributed by atoms with van der Waals surface area (Å²) in [5, 5.41) is 15.2. The lowest BCUT2D eigenvalue weighted by Crippen LogP contribution is -2.32. The maximum absolute atomic E-state index is 13.0. The van der Waals surface area contributed by atoms with E-state index < -0.39 is 0 Å². The van der Waals surface area contributed by atoms with E-state index in [0.717, 1.165) is 22.8 Å². The van der Waals surface area contributed by atoms with E-state index in [0.29, 0.717) is 38.4 Å². The molecule has 2 atom stereocenters. The number of carbonyl (C=O) groups is 1. The van der Waals surface area contributed by atoms with Gasteiger partial charge in [-0.3, -0.25) is 14.2 Å². The molecule has 3 rings (SSSR count). The van der Waals surface area contributed by atoms with E-state index >= 15 is 0 Å². The van der Waals surface area contributed by atoms with Crippen LogP contribution in [0.15, 0.2) is 6.07 Å². The maximum Gasteiger partial charge on any atom is 0.269 e. The highest BCUT2D eigenvalue weighted by Crippen LogP contribution is 2.31. The molecule has 1 aliphatic heterocycles. The fourth-order valence-corrected chi connectivity index (χ4v) is 3.61. The molecular formula is C19H30N6O3. The van der Waals surface area contributed by atoms with Crippen LogP contribution in [0.5, 0.6) is 0 Å². The number of amides is 1. The molecule has 1 amide bonds. The van der Waals surface area contributed by atoms with Gasteiger partial charge in [-0.2, -0.15) is 10.2 Å². The Labute approximate surface area is 165 Å². The molecular weight excluding hydrogens is 360 g/mol. The lowest BCUT2D eigenvalue weighted by atomic mass is 9.99. The molecule has 0 bridgehead atoms. The van der Waals surface area contributed by atoms with Crippen molar-refractivity contribution < 1.29 is 14.3 Å². The minimum Gasteiger partial charge on any atom is -0.383 e. The fraction of sp³-hybridized carbons (Fsp3) is 0.632. The summed E-state index contributed by atoms with van der Waals surface area (Å²) in [6.45, 7) is 8.07. The number of hydrogen-bond acceptors (Lipinski definition) is 6. The summed E-state index contributed by atoms with van der Waals surface area (Å²) < 4.78 is 14.6. The van der Waals surface area contributed by atoms with Crippen molar-refractivity contribution >= 4 is 11.7 Å². The Bertz CT molecular complexity index is 828. The normalized spacial score (nSPS) is 18.8. The van der Waals surface area contributed by atoms with Gasteiger partial charge in [0.25, 0.3) is 5.91 Å². The molecule has 0 unspecified atom stereocenters. The van der Waals surface area contributed by atoms with Gasteiger partial charge >= 0.3 is 0 Å². The summed E-state index contributed by atoms with van der Waals surface area (Å²) in [6, 6.07) is 1.97. The maximum atomic E-state index is 13.0. The van der Waals surface area contributed by atoms with Crippen LogP contribution in [0.4, 0.5) is 5.82 Å². The summed E-state index contributed by atoms with van der Waals surface area (Å²) in [5.74, 6) is 0.809. The molecule has 2 N–H and O–H groups in total. The molecule has 0 radical (unpaired) electrons. The topological polar surface area (TPSA) is 95.2 Å². The standard InChI is InChI=1S/C19H30N6O3/c1-12-10-16(24(4)22-12)20-6-7-21-19(26)18-15-11-13(2)28-14(3)17(15)23-25(18)8-9-27-5/h10,13-14,20H,6-9,11H2,1-5H3,(H,21,26)/t13-,14+/m0/s1. The molecule has 0 spiro atoms. The molecule has 9 nitrogen and oxygen atoms in total. The molecule has 3 heterocycles. The molecule has 0 saturated heterocycles. The Morgan fingerprint density at radius 2 is 2.14 bits per heavy atom. The minimum absolute atomic E-state index is 0.0591. The molecule has 1 aliphatic rings. The first-order valence-electron chi connectivity index (χ1n) is 9.67. The third-order valence-electron chi connectivity index (χ3n) is 4.84. The summed E-state index contributed by atoms with van der Waals surface area (Å²) in [7, 11) is 3.53. The Hall–Kier alpha value is -2.39. The van der Waals surface area contributed by atoms with Crippen molar-refractivity contribution in [1.29, 1.82) is 0 Å². The first-order valence-corrected chi connectivity index (χ1v) is 9.67. The molecule has 154 valence electrons. The zero-order valence-corrected chi connectivity index (χ0v) is 17.3. The van der Waals surface area contributed by atoms with Gasteiger partial charge in [-0.05, 0) is 20.8 Å². The molecule has 0 saturated carbocycles. The van der Waals surface area contributed by atoms with Crippen LogP contribution < -0.4 is 10.6 Å². The summed E-state index contributed by atoms with van der Waals surface area (Å²) in [5.41, 5.74) is 3.40. The van der Waals surface area contributed by atoms with Crippen LogP contribution in [0.25, 0.3) is 0 Å². The van der Waals surface area contributed by atoms with Crippen LogP contribution in [0.2, 0.25) is 0 Å². The monoisotopic (exact) mass is 390 g/mol. The Morgan fingerprint density at radius 1 is 1.36 bits per heavy atom. The Balaban J connectivity index is 1.68. The summed E-state index contributed by atoms with van der Waals surface area (Å²) in [4.78, 5) is 13.0. The third-order valence-corrected chi connectivity index (χ3v) is 4.84. The van der Waals surface area contributed by atoms with Gasteiger partial charge in [-0.15, -0.1) is 0 Å². The number of fused-ring (bicyclic) bond motifs is 1. The van der Waals surface area contributed by atoms with E-state index in [9.17, 15) is 4.79 Å². The van der Waals surface area contributed by atoms with Crippen molar-refractivity contribution in [3.8, 4) is 0 Å². The SMILES string of the molecule is COCCn1nc2c(c1C(=O)NCCNc1cc(C)nn1C)C[C@H](C)O[C@@H]2C. The highest BCUT2D eigenvalue weighted by atomic mass is 16.5. The van der Waals surface area contributed by atoms with Gasteiger partial charge in [0.2, 0.25) is 0 Å². The first-order chi connectivity index (χ1) is 13.4. The average molecular weight is 390 g/mol. The number of methoxy groups -OCH3 is 1. The lowest BCUT2D eigenvalue weighted by Gasteiger charge is -2.24. The number of aryl methyl sites for hydroxylation is 2. The van der Waals surface area contributed by atoms with Crippen molar-refractivity contribution in [1.82, 2.24) is 24.9 Å². The number of hydrogen-bond donors (Lipinski definition) is 2. The molecule has 0 aromatic carbocycles. The molecule has 9 heteroatoms. The van der Waals surface area contributed by atoms with Gasteiger partial charge in [0.1, 0.15) is 11.5 Å². The second-order valence-corrected chi connectivity index (χ2v) is 7.20. The zero-order chi connectivity index (χ0) is 20.3. The number of ether oxygens (including phenoxy) is 2. The van der Waals surface area contributed by atoms with Crippen LogP contribution in [-0.2, 0) is 29.5 Å². The van der Waals surface area contributed by atoms with E-state index in [4.69, 9.17) is 9.47 Å². The van der Waals surface area contributed by atoms with Crippen molar-refractivity contribution in [3.05, 3.63) is 28.7 Å². The highest BCUT2D eigenvalue weighted by molar-refractivity contribution is 5.94. The van der Waals surface area contributed by atoms with Gasteiger partial charge in [-0.25, -0.2) is 0 Å². The van der Waals surface area contributed by atoms with Crippen LogP contribution in [0, 0.1) is 6.92 Å². The predicted octanol–water partition coefficient (Wildman–Crippen LogP) is 1.44. The minimum atomic E-state index is -0.121. The van der Waals surface area contributed by atoms with Crippen LogP contribution >= 0.6 is 0 Å². The van der Waals surface area contributed by atoms with E-state index in [1.807, 2.05) is 33.9 Å². The molecule has 2 aromatic rings. The van der Waals surface area contributed by atoms with E-state index in [1.54, 1.807) is 16.5 Å². The third kappa shape index (κ3) is 4.36. The zero-order valence-electron chi connectivity index (χ0n) is 17.3. The number of nitrogens with one attached hydrogen (secondary N) is 2. The predicted molar refractivity (Wildman–Crippen MR) is 106 cm³/mol. The van der Waals surface area contributed by atoms with Gasteiger partial charge < -0.3 is 20.1 Å². The Morgan fingerprint density at radius 3 is 2.82 bits per heavy atom. The van der Waals surface area contributed by atoms with Gasteiger partial charge in [0, 0.05) is 45.3 Å². The second kappa shape index (κ2) is 8.74. The van der Waals surface area contributed by atoms with Gasteiger partial charge in [0.15, 0.2) is 0 Å².